The summed E-state index contributed by atoms with van der Waals surface area (Å²) < 4.78 is 2.11. The highest BCUT2D eigenvalue weighted by atomic mass is 32.1. The second-order valence-electron chi connectivity index (χ2n) is 8.08. The third-order valence-electron chi connectivity index (χ3n) is 5.76. The lowest BCUT2D eigenvalue weighted by atomic mass is 9.90. The lowest BCUT2D eigenvalue weighted by Gasteiger charge is -2.16. The maximum atomic E-state index is 12.8. The molecule has 8 heteroatoms. The molecule has 2 N–H and O–H groups in total. The zero-order chi connectivity index (χ0) is 22.1. The number of aryl methyl sites for hydroxylation is 3. The van der Waals surface area contributed by atoms with E-state index in [2.05, 4.69) is 38.7 Å². The molecule has 2 aromatic carbocycles. The summed E-state index contributed by atoms with van der Waals surface area (Å²) in [7, 11) is 0. The van der Waals surface area contributed by atoms with E-state index in [-0.39, 0.29) is 12.5 Å². The Kier molecular flexibility index (Phi) is 5.71. The van der Waals surface area contributed by atoms with Gasteiger partial charge in [0.2, 0.25) is 5.91 Å². The number of carbonyl (C=O) groups is 1. The summed E-state index contributed by atoms with van der Waals surface area (Å²) in [6, 6.07) is 14.6. The van der Waals surface area contributed by atoms with Gasteiger partial charge in [0, 0.05) is 16.5 Å². The fraction of sp³-hybridized carbons (Fsp3) is 0.250. The monoisotopic (exact) mass is 461 g/mol. The van der Waals surface area contributed by atoms with Crippen LogP contribution in [0.15, 0.2) is 47.8 Å². The van der Waals surface area contributed by atoms with Crippen molar-refractivity contribution in [3.63, 3.8) is 0 Å². The van der Waals surface area contributed by atoms with Crippen LogP contribution < -0.4 is 5.32 Å². The van der Waals surface area contributed by atoms with Crippen LogP contribution in [0.4, 0.5) is 5.13 Å². The number of aromatic nitrogens is 4. The molecule has 4 aromatic rings. The zero-order valence-electron chi connectivity index (χ0n) is 17.7. The average molecular weight is 462 g/mol. The Bertz CT molecular complexity index is 1330. The fourth-order valence-corrected chi connectivity index (χ4v) is 4.98. The lowest BCUT2D eigenvalue weighted by Crippen LogP contribution is -2.19. The van der Waals surface area contributed by atoms with Crippen molar-refractivity contribution in [1.82, 2.24) is 19.7 Å². The van der Waals surface area contributed by atoms with Crippen molar-refractivity contribution in [2.45, 2.75) is 39.2 Å². The second kappa shape index (κ2) is 8.80. The Balaban J connectivity index is 1.31. The van der Waals surface area contributed by atoms with E-state index in [0.717, 1.165) is 35.2 Å². The molecule has 1 amide bonds. The van der Waals surface area contributed by atoms with Crippen LogP contribution in [0.2, 0.25) is 0 Å². The van der Waals surface area contributed by atoms with Crippen molar-refractivity contribution in [2.24, 2.45) is 0 Å². The van der Waals surface area contributed by atoms with E-state index in [1.807, 2.05) is 36.6 Å². The summed E-state index contributed by atoms with van der Waals surface area (Å²) in [6.45, 7) is 2.09. The predicted molar refractivity (Wildman–Crippen MR) is 130 cm³/mol. The number of hydrogen-bond acceptors (Lipinski definition) is 5. The molecule has 1 aliphatic rings. The number of nitrogens with zero attached hydrogens (tertiary/aromatic N) is 3. The third kappa shape index (κ3) is 4.28. The van der Waals surface area contributed by atoms with Gasteiger partial charge in [0.05, 0.1) is 5.69 Å². The first-order valence-corrected chi connectivity index (χ1v) is 12.0. The van der Waals surface area contributed by atoms with Crippen LogP contribution in [0, 0.1) is 11.7 Å². The lowest BCUT2D eigenvalue weighted by molar-refractivity contribution is -0.116. The first-order chi connectivity index (χ1) is 15.6. The second-order valence-corrected chi connectivity index (χ2v) is 9.33. The highest BCUT2D eigenvalue weighted by molar-refractivity contribution is 7.71. The normalized spacial score (nSPS) is 13.0. The molecule has 2 heterocycles. The van der Waals surface area contributed by atoms with Gasteiger partial charge in [-0.1, -0.05) is 42.0 Å². The van der Waals surface area contributed by atoms with Gasteiger partial charge >= 0.3 is 0 Å². The maximum Gasteiger partial charge on any atom is 0.246 e. The Morgan fingerprint density at radius 3 is 2.69 bits per heavy atom. The molecule has 0 aliphatic heterocycles. The van der Waals surface area contributed by atoms with E-state index in [4.69, 9.17) is 12.2 Å². The third-order valence-corrected chi connectivity index (χ3v) is 6.83. The molecule has 0 fully saturated rings. The Morgan fingerprint density at radius 1 is 1.12 bits per heavy atom. The molecule has 0 saturated heterocycles. The summed E-state index contributed by atoms with van der Waals surface area (Å²) in [5.41, 5.74) is 6.92. The quantitative estimate of drug-likeness (QED) is 0.382. The summed E-state index contributed by atoms with van der Waals surface area (Å²) in [5, 5.41) is 12.6. The number of carbonyl (C=O) groups excluding carboxylic acids is 1. The Hall–Kier alpha value is -3.10. The number of amides is 1. The molecule has 0 saturated carbocycles. The van der Waals surface area contributed by atoms with Gasteiger partial charge in [0.1, 0.15) is 6.54 Å². The Labute approximate surface area is 195 Å². The summed E-state index contributed by atoms with van der Waals surface area (Å²) in [4.78, 5) is 17.4. The van der Waals surface area contributed by atoms with Crippen LogP contribution in [-0.2, 0) is 24.2 Å². The van der Waals surface area contributed by atoms with Crippen LogP contribution >= 0.6 is 23.6 Å². The largest absolute Gasteiger partial charge is 0.300 e. The van der Waals surface area contributed by atoms with E-state index in [0.29, 0.717) is 15.7 Å². The first kappa shape index (κ1) is 20.8. The average Bonchev–Trinajstić information content (AvgIpc) is 3.41. The van der Waals surface area contributed by atoms with Gasteiger partial charge in [-0.2, -0.15) is 5.10 Å². The Morgan fingerprint density at radius 2 is 1.88 bits per heavy atom. The maximum absolute atomic E-state index is 12.8. The first-order valence-electron chi connectivity index (χ1n) is 10.7. The van der Waals surface area contributed by atoms with Crippen LogP contribution in [0.25, 0.3) is 22.6 Å². The molecule has 5 rings (SSSR count). The molecule has 162 valence electrons. The molecule has 0 bridgehead atoms. The molecule has 0 atom stereocenters. The molecule has 1 aliphatic carbocycles. The highest BCUT2D eigenvalue weighted by Gasteiger charge is 2.15. The molecule has 0 unspecified atom stereocenters. The zero-order valence-corrected chi connectivity index (χ0v) is 19.4. The number of hydrogen-bond donors (Lipinski definition) is 2. The smallest absolute Gasteiger partial charge is 0.246 e. The van der Waals surface area contributed by atoms with Crippen LogP contribution in [0.5, 0.6) is 0 Å². The molecular formula is C24H23N5OS2. The molecule has 0 radical (unpaired) electrons. The van der Waals surface area contributed by atoms with E-state index in [1.54, 1.807) is 4.57 Å². The number of fused-ring (bicyclic) bond motifs is 1. The highest BCUT2D eigenvalue weighted by Crippen LogP contribution is 2.29. The van der Waals surface area contributed by atoms with Gasteiger partial charge in [-0.25, -0.2) is 4.98 Å². The molecule has 0 spiro atoms. The summed E-state index contributed by atoms with van der Waals surface area (Å²) >= 11 is 6.78. The summed E-state index contributed by atoms with van der Waals surface area (Å²) in [5.74, 6) is 0.446. The van der Waals surface area contributed by atoms with E-state index >= 15 is 0 Å². The van der Waals surface area contributed by atoms with E-state index < -0.39 is 0 Å². The van der Waals surface area contributed by atoms with Gasteiger partial charge in [-0.15, -0.1) is 11.3 Å². The van der Waals surface area contributed by atoms with Crippen molar-refractivity contribution in [3.8, 4) is 22.6 Å². The molecular weight excluding hydrogens is 438 g/mol. The fourth-order valence-electron chi connectivity index (χ4n) is 4.05. The number of nitrogens with one attached hydrogen (secondary N) is 2. The van der Waals surface area contributed by atoms with E-state index in [9.17, 15) is 4.79 Å². The molecule has 2 aromatic heterocycles. The molecule has 6 nitrogen and oxygen atoms in total. The number of thiazole rings is 1. The van der Waals surface area contributed by atoms with Crippen LogP contribution in [0.3, 0.4) is 0 Å². The minimum Gasteiger partial charge on any atom is -0.300 e. The number of aromatic amines is 1. The van der Waals surface area contributed by atoms with Gasteiger partial charge in [-0.3, -0.25) is 14.5 Å². The number of H-pyrrole nitrogens is 1. The van der Waals surface area contributed by atoms with Crippen molar-refractivity contribution < 1.29 is 4.79 Å². The number of benzene rings is 2. The minimum absolute atomic E-state index is 0.0618. The van der Waals surface area contributed by atoms with Crippen LogP contribution in [0.1, 0.15) is 29.5 Å². The van der Waals surface area contributed by atoms with Gasteiger partial charge < -0.3 is 5.32 Å². The molecule has 32 heavy (non-hydrogen) atoms. The number of anilines is 1. The van der Waals surface area contributed by atoms with Crippen molar-refractivity contribution in [3.05, 3.63) is 69.3 Å². The van der Waals surface area contributed by atoms with Crippen molar-refractivity contribution in [1.29, 1.82) is 0 Å². The predicted octanol–water partition coefficient (Wildman–Crippen LogP) is 5.56. The van der Waals surface area contributed by atoms with Crippen LogP contribution in [-0.4, -0.2) is 25.7 Å². The number of rotatable bonds is 5. The standard InChI is InChI=1S/C24H23N5OS2/c1-15-6-8-17(9-7-15)22-27-28-24(31)29(22)13-21(30)26-23-25-20(14-32-23)19-11-10-16-4-2-3-5-18(16)12-19/h6-12,14H,2-5,13H2,1H3,(H,28,31)(H,25,26,30). The summed E-state index contributed by atoms with van der Waals surface area (Å²) in [6.07, 6.45) is 4.81. The van der Waals surface area contributed by atoms with Gasteiger partial charge in [0.15, 0.2) is 15.7 Å². The minimum atomic E-state index is -0.192. The van der Waals surface area contributed by atoms with E-state index in [1.165, 1.54) is 35.3 Å². The topological polar surface area (TPSA) is 75.6 Å². The van der Waals surface area contributed by atoms with Gasteiger partial charge in [-0.05, 0) is 62.0 Å². The van der Waals surface area contributed by atoms with Crippen molar-refractivity contribution >= 4 is 34.6 Å². The SMILES string of the molecule is Cc1ccc(-c2n[nH]c(=S)n2CC(=O)Nc2nc(-c3ccc4c(c3)CCCC4)cs2)cc1. The van der Waals surface area contributed by atoms with Gasteiger partial charge in [0.25, 0.3) is 0 Å². The van der Waals surface area contributed by atoms with Crippen molar-refractivity contribution in [2.75, 3.05) is 5.32 Å².